The minimum Gasteiger partial charge on any atom is -0.460 e. The lowest BCUT2D eigenvalue weighted by Crippen LogP contribution is -2.39. The van der Waals surface area contributed by atoms with Gasteiger partial charge in [0.05, 0.1) is 18.1 Å². The van der Waals surface area contributed by atoms with E-state index in [1.807, 2.05) is 30.5 Å². The number of nitrogens with one attached hydrogen (secondary N) is 1. The third-order valence-corrected chi connectivity index (χ3v) is 4.76. The zero-order valence-electron chi connectivity index (χ0n) is 15.2. The van der Waals surface area contributed by atoms with Crippen molar-refractivity contribution >= 4 is 5.91 Å². The molecule has 1 aliphatic rings. The van der Waals surface area contributed by atoms with Crippen LogP contribution in [0.3, 0.4) is 0 Å². The van der Waals surface area contributed by atoms with E-state index in [0.29, 0.717) is 5.56 Å². The molecule has 28 heavy (non-hydrogen) atoms. The quantitative estimate of drug-likeness (QED) is 0.735. The van der Waals surface area contributed by atoms with Crippen molar-refractivity contribution in [3.8, 4) is 11.7 Å². The summed E-state index contributed by atoms with van der Waals surface area (Å²) in [5, 5.41) is 7.28. The molecule has 3 aromatic rings. The molecule has 0 saturated heterocycles. The fourth-order valence-electron chi connectivity index (χ4n) is 3.32. The van der Waals surface area contributed by atoms with Gasteiger partial charge in [-0.15, -0.1) is 0 Å². The summed E-state index contributed by atoms with van der Waals surface area (Å²) >= 11 is 0. The van der Waals surface area contributed by atoms with E-state index in [1.165, 1.54) is 0 Å². The van der Waals surface area contributed by atoms with Gasteiger partial charge in [0, 0.05) is 24.0 Å². The molecule has 1 saturated carbocycles. The van der Waals surface area contributed by atoms with Crippen LogP contribution in [-0.2, 0) is 0 Å². The number of aromatic nitrogens is 4. The van der Waals surface area contributed by atoms with Gasteiger partial charge in [0.1, 0.15) is 6.10 Å². The molecule has 1 fully saturated rings. The van der Waals surface area contributed by atoms with Crippen molar-refractivity contribution in [2.75, 3.05) is 0 Å². The van der Waals surface area contributed by atoms with Gasteiger partial charge in [-0.3, -0.25) is 4.79 Å². The van der Waals surface area contributed by atoms with Crippen LogP contribution in [0.25, 0.3) is 5.69 Å². The number of rotatable bonds is 5. The Bertz CT molecular complexity index is 922. The zero-order valence-corrected chi connectivity index (χ0v) is 15.2. The molecular weight excluding hydrogens is 361 g/mol. The normalized spacial score (nSPS) is 19.2. The van der Waals surface area contributed by atoms with Crippen LogP contribution < -0.4 is 10.1 Å². The second-order valence-electron chi connectivity index (χ2n) is 6.75. The SMILES string of the molecule is O=C(NC1CCC(Oc2ncc(F)cn2)CC1)c1cccc(-n2cccn2)c1. The predicted molar refractivity (Wildman–Crippen MR) is 99.7 cm³/mol. The van der Waals surface area contributed by atoms with Gasteiger partial charge >= 0.3 is 6.01 Å². The Balaban J connectivity index is 1.30. The van der Waals surface area contributed by atoms with E-state index in [1.54, 1.807) is 16.9 Å². The number of hydrogen-bond acceptors (Lipinski definition) is 5. The first-order valence-corrected chi connectivity index (χ1v) is 9.22. The molecule has 2 heterocycles. The van der Waals surface area contributed by atoms with E-state index >= 15 is 0 Å². The van der Waals surface area contributed by atoms with Crippen LogP contribution in [0.1, 0.15) is 36.0 Å². The van der Waals surface area contributed by atoms with Crippen LogP contribution >= 0.6 is 0 Å². The summed E-state index contributed by atoms with van der Waals surface area (Å²) in [4.78, 5) is 20.3. The van der Waals surface area contributed by atoms with E-state index in [-0.39, 0.29) is 24.1 Å². The summed E-state index contributed by atoms with van der Waals surface area (Å²) in [6.07, 6.45) is 8.84. The third kappa shape index (κ3) is 4.33. The minimum atomic E-state index is -0.490. The van der Waals surface area contributed by atoms with Crippen molar-refractivity contribution in [3.05, 3.63) is 66.5 Å². The average Bonchev–Trinajstić information content (AvgIpc) is 3.26. The van der Waals surface area contributed by atoms with Crippen LogP contribution in [0.4, 0.5) is 4.39 Å². The van der Waals surface area contributed by atoms with Crippen LogP contribution in [0, 0.1) is 5.82 Å². The molecule has 4 rings (SSSR count). The Morgan fingerprint density at radius 1 is 1.14 bits per heavy atom. The van der Waals surface area contributed by atoms with Gasteiger partial charge in [-0.25, -0.2) is 19.0 Å². The van der Waals surface area contributed by atoms with Gasteiger partial charge in [-0.1, -0.05) is 6.07 Å². The molecule has 2 aromatic heterocycles. The number of ether oxygens (including phenoxy) is 1. The van der Waals surface area contributed by atoms with Gasteiger partial charge < -0.3 is 10.1 Å². The standard InChI is InChI=1S/C20H20FN5O2/c21-15-12-22-20(23-13-15)28-18-7-5-16(6-8-18)25-19(27)14-3-1-4-17(11-14)26-10-2-9-24-26/h1-4,9-13,16,18H,5-8H2,(H,25,27). The maximum atomic E-state index is 12.9. The molecule has 1 amide bonds. The number of carbonyl (C=O) groups is 1. The van der Waals surface area contributed by atoms with Gasteiger partial charge in [0.15, 0.2) is 5.82 Å². The van der Waals surface area contributed by atoms with Crippen molar-refractivity contribution in [1.29, 1.82) is 0 Å². The third-order valence-electron chi connectivity index (χ3n) is 4.76. The molecule has 0 aliphatic heterocycles. The number of hydrogen-bond donors (Lipinski definition) is 1. The first-order valence-electron chi connectivity index (χ1n) is 9.22. The first-order chi connectivity index (χ1) is 13.7. The predicted octanol–water partition coefficient (Wildman–Crippen LogP) is 2.92. The Hall–Kier alpha value is -3.29. The lowest BCUT2D eigenvalue weighted by Gasteiger charge is -2.28. The maximum Gasteiger partial charge on any atom is 0.316 e. The summed E-state index contributed by atoms with van der Waals surface area (Å²) in [5.74, 6) is -0.587. The summed E-state index contributed by atoms with van der Waals surface area (Å²) in [7, 11) is 0. The highest BCUT2D eigenvalue weighted by molar-refractivity contribution is 5.94. The van der Waals surface area contributed by atoms with Crippen LogP contribution in [-0.4, -0.2) is 37.8 Å². The highest BCUT2D eigenvalue weighted by Crippen LogP contribution is 2.22. The molecule has 1 aromatic carbocycles. The van der Waals surface area contributed by atoms with Gasteiger partial charge in [0.25, 0.3) is 5.91 Å². The first kappa shape index (κ1) is 18.1. The van der Waals surface area contributed by atoms with E-state index in [2.05, 4.69) is 20.4 Å². The lowest BCUT2D eigenvalue weighted by molar-refractivity contribution is 0.0885. The number of benzene rings is 1. The topological polar surface area (TPSA) is 81.9 Å². The largest absolute Gasteiger partial charge is 0.460 e. The van der Waals surface area contributed by atoms with Crippen LogP contribution in [0.2, 0.25) is 0 Å². The van der Waals surface area contributed by atoms with E-state index in [9.17, 15) is 9.18 Å². The fraction of sp³-hybridized carbons (Fsp3) is 0.300. The highest BCUT2D eigenvalue weighted by Gasteiger charge is 2.24. The molecular formula is C20H20FN5O2. The summed E-state index contributed by atoms with van der Waals surface area (Å²) in [6, 6.07) is 9.48. The summed E-state index contributed by atoms with van der Waals surface area (Å²) < 4.78 is 20.3. The molecule has 0 radical (unpaired) electrons. The number of amides is 1. The number of halogens is 1. The second kappa shape index (κ2) is 8.16. The Morgan fingerprint density at radius 3 is 2.64 bits per heavy atom. The monoisotopic (exact) mass is 381 g/mol. The van der Waals surface area contributed by atoms with E-state index < -0.39 is 5.82 Å². The molecule has 8 heteroatoms. The molecule has 0 unspecified atom stereocenters. The van der Waals surface area contributed by atoms with Crippen molar-refractivity contribution in [2.45, 2.75) is 37.8 Å². The van der Waals surface area contributed by atoms with Crippen molar-refractivity contribution in [2.24, 2.45) is 0 Å². The average molecular weight is 381 g/mol. The lowest BCUT2D eigenvalue weighted by atomic mass is 9.92. The van der Waals surface area contributed by atoms with Crippen molar-refractivity contribution < 1.29 is 13.9 Å². The van der Waals surface area contributed by atoms with Crippen LogP contribution in [0.15, 0.2) is 55.1 Å². The molecule has 7 nitrogen and oxygen atoms in total. The fourth-order valence-corrected chi connectivity index (χ4v) is 3.32. The summed E-state index contributed by atoms with van der Waals surface area (Å²) in [5.41, 5.74) is 1.44. The second-order valence-corrected chi connectivity index (χ2v) is 6.75. The summed E-state index contributed by atoms with van der Waals surface area (Å²) in [6.45, 7) is 0. The number of nitrogens with zero attached hydrogens (tertiary/aromatic N) is 4. The van der Waals surface area contributed by atoms with Gasteiger partial charge in [-0.05, 0) is 49.9 Å². The Kier molecular flexibility index (Phi) is 5.27. The Morgan fingerprint density at radius 2 is 1.93 bits per heavy atom. The van der Waals surface area contributed by atoms with E-state index in [4.69, 9.17) is 4.74 Å². The van der Waals surface area contributed by atoms with Crippen molar-refractivity contribution in [1.82, 2.24) is 25.1 Å². The molecule has 0 atom stereocenters. The molecule has 1 N–H and O–H groups in total. The van der Waals surface area contributed by atoms with Crippen molar-refractivity contribution in [3.63, 3.8) is 0 Å². The van der Waals surface area contributed by atoms with Gasteiger partial charge in [-0.2, -0.15) is 5.10 Å². The maximum absolute atomic E-state index is 12.9. The zero-order chi connectivity index (χ0) is 19.3. The van der Waals surface area contributed by atoms with Crippen LogP contribution in [0.5, 0.6) is 6.01 Å². The Labute approximate surface area is 161 Å². The molecule has 0 spiro atoms. The molecule has 0 bridgehead atoms. The van der Waals surface area contributed by atoms with Gasteiger partial charge in [0.2, 0.25) is 0 Å². The minimum absolute atomic E-state index is 0.0262. The smallest absolute Gasteiger partial charge is 0.316 e. The molecule has 1 aliphatic carbocycles. The number of carbonyl (C=O) groups excluding carboxylic acids is 1. The molecule has 144 valence electrons. The van der Waals surface area contributed by atoms with E-state index in [0.717, 1.165) is 43.8 Å². The highest BCUT2D eigenvalue weighted by atomic mass is 19.1.